The molecule has 0 aliphatic heterocycles. The first-order valence-corrected chi connectivity index (χ1v) is 9.44. The zero-order valence-electron chi connectivity index (χ0n) is 14.6. The lowest BCUT2D eigenvalue weighted by atomic mass is 10.1. The van der Waals surface area contributed by atoms with Gasteiger partial charge in [-0.2, -0.15) is 0 Å². The second-order valence-electron chi connectivity index (χ2n) is 6.12. The molecule has 26 heavy (non-hydrogen) atoms. The lowest BCUT2D eigenvalue weighted by Gasteiger charge is -2.21. The van der Waals surface area contributed by atoms with Gasteiger partial charge < -0.3 is 11.1 Å². The van der Waals surface area contributed by atoms with Gasteiger partial charge in [0.1, 0.15) is 5.25 Å². The maximum Gasteiger partial charge on any atom is 0.238 e. The summed E-state index contributed by atoms with van der Waals surface area (Å²) in [4.78, 5) is 14.1. The van der Waals surface area contributed by atoms with Crippen LogP contribution in [-0.4, -0.2) is 5.91 Å². The quantitative estimate of drug-likeness (QED) is 0.480. The van der Waals surface area contributed by atoms with Crippen LogP contribution in [0.3, 0.4) is 0 Å². The fourth-order valence-electron chi connectivity index (χ4n) is 2.70. The number of anilines is 1. The van der Waals surface area contributed by atoms with Gasteiger partial charge in [0, 0.05) is 10.6 Å². The summed E-state index contributed by atoms with van der Waals surface area (Å²) in [6.07, 6.45) is 0. The highest BCUT2D eigenvalue weighted by Crippen LogP contribution is 2.36. The number of nitrogens with two attached hydrogens (primary N) is 1. The van der Waals surface area contributed by atoms with Crippen molar-refractivity contribution in [2.75, 3.05) is 5.73 Å². The number of carbonyl (C=O) groups excluding carboxylic acids is 1. The second-order valence-corrected chi connectivity index (χ2v) is 7.30. The lowest BCUT2D eigenvalue weighted by Crippen LogP contribution is -2.30. The largest absolute Gasteiger partial charge is 0.399 e. The first-order chi connectivity index (χ1) is 12.6. The van der Waals surface area contributed by atoms with Crippen LogP contribution in [0.4, 0.5) is 5.69 Å². The lowest BCUT2D eigenvalue weighted by molar-refractivity contribution is -0.121. The smallest absolute Gasteiger partial charge is 0.238 e. The summed E-state index contributed by atoms with van der Waals surface area (Å²) in [5.74, 6) is -0.00521. The van der Waals surface area contributed by atoms with E-state index in [0.717, 1.165) is 16.0 Å². The minimum absolute atomic E-state index is 0.00521. The van der Waals surface area contributed by atoms with Crippen LogP contribution in [-0.2, 0) is 4.79 Å². The van der Waals surface area contributed by atoms with Crippen LogP contribution < -0.4 is 11.1 Å². The normalized spacial score (nSPS) is 13.0. The molecule has 0 fully saturated rings. The molecule has 3 rings (SSSR count). The van der Waals surface area contributed by atoms with Crippen molar-refractivity contribution in [1.29, 1.82) is 0 Å². The van der Waals surface area contributed by atoms with E-state index in [0.29, 0.717) is 5.69 Å². The van der Waals surface area contributed by atoms with Crippen LogP contribution in [0.25, 0.3) is 0 Å². The van der Waals surface area contributed by atoms with Gasteiger partial charge in [-0.25, -0.2) is 0 Å². The van der Waals surface area contributed by atoms with Gasteiger partial charge >= 0.3 is 0 Å². The number of benzene rings is 3. The number of carbonyl (C=O) groups is 1. The predicted molar refractivity (Wildman–Crippen MR) is 109 cm³/mol. The summed E-state index contributed by atoms with van der Waals surface area (Å²) in [5, 5.41) is 2.81. The summed E-state index contributed by atoms with van der Waals surface area (Å²) in [6, 6.07) is 27.4. The fourth-order valence-corrected chi connectivity index (χ4v) is 3.73. The van der Waals surface area contributed by atoms with Crippen molar-refractivity contribution in [2.45, 2.75) is 23.1 Å². The van der Waals surface area contributed by atoms with Gasteiger partial charge in [-0.3, -0.25) is 4.79 Å². The molecule has 0 saturated carbocycles. The van der Waals surface area contributed by atoms with Crippen molar-refractivity contribution in [1.82, 2.24) is 5.32 Å². The van der Waals surface area contributed by atoms with Crippen LogP contribution in [0.5, 0.6) is 0 Å². The Hall–Kier alpha value is -2.72. The molecule has 3 aromatic rings. The van der Waals surface area contributed by atoms with Gasteiger partial charge in [0.05, 0.1) is 6.04 Å². The first-order valence-electron chi connectivity index (χ1n) is 8.56. The van der Waals surface area contributed by atoms with E-state index < -0.39 is 0 Å². The Kier molecular flexibility index (Phi) is 5.97. The molecule has 132 valence electrons. The Bertz CT molecular complexity index is 835. The van der Waals surface area contributed by atoms with E-state index in [9.17, 15) is 4.79 Å². The molecule has 1 amide bonds. The number of rotatable bonds is 6. The number of amides is 1. The molecule has 0 heterocycles. The highest BCUT2D eigenvalue weighted by atomic mass is 32.2. The van der Waals surface area contributed by atoms with Crippen molar-refractivity contribution in [3.63, 3.8) is 0 Å². The zero-order valence-corrected chi connectivity index (χ0v) is 15.4. The molecule has 2 unspecified atom stereocenters. The molecular formula is C22H22N2OS. The number of hydrogen-bond acceptors (Lipinski definition) is 3. The third-order valence-corrected chi connectivity index (χ3v) is 5.40. The molecule has 0 saturated heterocycles. The van der Waals surface area contributed by atoms with E-state index in [1.54, 1.807) is 0 Å². The minimum atomic E-state index is -0.328. The average Bonchev–Trinajstić information content (AvgIpc) is 2.68. The minimum Gasteiger partial charge on any atom is -0.399 e. The van der Waals surface area contributed by atoms with Gasteiger partial charge in [-0.1, -0.05) is 60.7 Å². The van der Waals surface area contributed by atoms with E-state index in [1.165, 1.54) is 11.8 Å². The maximum atomic E-state index is 13.0. The number of nitrogens with one attached hydrogen (secondary N) is 1. The van der Waals surface area contributed by atoms with Crippen LogP contribution in [0.1, 0.15) is 29.3 Å². The molecule has 0 aliphatic rings. The summed E-state index contributed by atoms with van der Waals surface area (Å²) in [5.41, 5.74) is 8.55. The van der Waals surface area contributed by atoms with Crippen molar-refractivity contribution < 1.29 is 4.79 Å². The van der Waals surface area contributed by atoms with Gasteiger partial charge in [-0.05, 0) is 42.3 Å². The summed E-state index contributed by atoms with van der Waals surface area (Å²) >= 11 is 1.53. The standard InChI is InChI=1S/C22H22N2OS/c1-16(17-8-4-2-5-9-17)24-22(25)21(18-10-6-3-7-11-18)26-20-14-12-19(23)13-15-20/h2-16,21H,23H2,1H3,(H,24,25). The Balaban J connectivity index is 1.80. The van der Waals surface area contributed by atoms with Gasteiger partial charge in [0.25, 0.3) is 0 Å². The first kappa shape index (κ1) is 18.1. The van der Waals surface area contributed by atoms with E-state index in [4.69, 9.17) is 5.73 Å². The maximum absolute atomic E-state index is 13.0. The molecule has 2 atom stereocenters. The Morgan fingerprint density at radius 3 is 1.96 bits per heavy atom. The van der Waals surface area contributed by atoms with E-state index >= 15 is 0 Å². The monoisotopic (exact) mass is 362 g/mol. The van der Waals surface area contributed by atoms with Crippen LogP contribution in [0.2, 0.25) is 0 Å². The third kappa shape index (κ3) is 4.67. The van der Waals surface area contributed by atoms with Crippen LogP contribution >= 0.6 is 11.8 Å². The van der Waals surface area contributed by atoms with E-state index in [2.05, 4.69) is 5.32 Å². The Morgan fingerprint density at radius 2 is 1.38 bits per heavy atom. The van der Waals surface area contributed by atoms with E-state index in [-0.39, 0.29) is 17.2 Å². The van der Waals surface area contributed by atoms with Crippen LogP contribution in [0, 0.1) is 0 Å². The van der Waals surface area contributed by atoms with Gasteiger partial charge in [0.15, 0.2) is 0 Å². The molecule has 0 bridgehead atoms. The van der Waals surface area contributed by atoms with Crippen molar-refractivity contribution in [2.24, 2.45) is 0 Å². The fraction of sp³-hybridized carbons (Fsp3) is 0.136. The molecule has 4 heteroatoms. The molecular weight excluding hydrogens is 340 g/mol. The SMILES string of the molecule is CC(NC(=O)C(Sc1ccc(N)cc1)c1ccccc1)c1ccccc1. The van der Waals surface area contributed by atoms with Gasteiger partial charge in [-0.15, -0.1) is 11.8 Å². The number of nitrogen functional groups attached to an aromatic ring is 1. The zero-order chi connectivity index (χ0) is 18.4. The number of thioether (sulfide) groups is 1. The summed E-state index contributed by atoms with van der Waals surface area (Å²) in [6.45, 7) is 2.00. The topological polar surface area (TPSA) is 55.1 Å². The summed E-state index contributed by atoms with van der Waals surface area (Å²) in [7, 11) is 0. The Morgan fingerprint density at radius 1 is 0.846 bits per heavy atom. The van der Waals surface area contributed by atoms with Crippen molar-refractivity contribution in [3.05, 3.63) is 96.1 Å². The molecule has 3 nitrogen and oxygen atoms in total. The molecule has 3 N–H and O–H groups in total. The van der Waals surface area contributed by atoms with E-state index in [1.807, 2.05) is 91.9 Å². The number of hydrogen-bond donors (Lipinski definition) is 2. The molecule has 0 aliphatic carbocycles. The van der Waals surface area contributed by atoms with Crippen LogP contribution in [0.15, 0.2) is 89.8 Å². The van der Waals surface area contributed by atoms with Crippen molar-refractivity contribution in [3.8, 4) is 0 Å². The molecule has 0 spiro atoms. The highest BCUT2D eigenvalue weighted by molar-refractivity contribution is 8.00. The predicted octanol–water partition coefficient (Wildman–Crippen LogP) is 4.98. The molecule has 0 radical (unpaired) electrons. The van der Waals surface area contributed by atoms with Gasteiger partial charge in [0.2, 0.25) is 5.91 Å². The summed E-state index contributed by atoms with van der Waals surface area (Å²) < 4.78 is 0. The highest BCUT2D eigenvalue weighted by Gasteiger charge is 2.23. The molecule has 3 aromatic carbocycles. The Labute approximate surface area is 158 Å². The van der Waals surface area contributed by atoms with Crippen molar-refractivity contribution >= 4 is 23.4 Å². The average molecular weight is 362 g/mol. The third-order valence-electron chi connectivity index (χ3n) is 4.13. The molecule has 0 aromatic heterocycles. The second kappa shape index (κ2) is 8.59.